The smallest absolute Gasteiger partial charge is 0.414 e. The summed E-state index contributed by atoms with van der Waals surface area (Å²) in [5.74, 6) is -0.533. The first-order valence-corrected chi connectivity index (χ1v) is 10.3. The predicted octanol–water partition coefficient (Wildman–Crippen LogP) is 2.92. The fourth-order valence-electron chi connectivity index (χ4n) is 2.68. The van der Waals surface area contributed by atoms with E-state index in [1.165, 1.54) is 0 Å². The van der Waals surface area contributed by atoms with Crippen molar-refractivity contribution in [1.29, 1.82) is 0 Å². The number of esters is 1. The van der Waals surface area contributed by atoms with E-state index in [1.807, 2.05) is 0 Å². The Morgan fingerprint density at radius 3 is 2.52 bits per heavy atom. The van der Waals surface area contributed by atoms with E-state index in [4.69, 9.17) is 19.3 Å². The van der Waals surface area contributed by atoms with Gasteiger partial charge < -0.3 is 19.3 Å². The molecular weight excluding hydrogens is 422 g/mol. The summed E-state index contributed by atoms with van der Waals surface area (Å²) in [7, 11) is 0. The normalized spacial score (nSPS) is 11.3. The van der Waals surface area contributed by atoms with Gasteiger partial charge in [-0.1, -0.05) is 30.3 Å². The number of imide groups is 1. The number of ether oxygens (including phenoxy) is 3. The van der Waals surface area contributed by atoms with Crippen LogP contribution in [-0.4, -0.2) is 48.6 Å². The zero-order valence-corrected chi connectivity index (χ0v) is 17.8. The maximum absolute atomic E-state index is 12.3. The number of aliphatic hydroxyl groups is 1. The van der Waals surface area contributed by atoms with Crippen molar-refractivity contribution < 1.29 is 33.7 Å². The van der Waals surface area contributed by atoms with Crippen LogP contribution in [0.4, 0.5) is 4.79 Å². The minimum Gasteiger partial charge on any atom is -0.491 e. The molecule has 2 aromatic rings. The molecule has 2 N–H and O–H groups in total. The average Bonchev–Trinajstić information content (AvgIpc) is 2.80. The number of benzene rings is 2. The Labute approximate surface area is 185 Å². The highest BCUT2D eigenvalue weighted by Gasteiger charge is 2.20. The van der Waals surface area contributed by atoms with Crippen molar-refractivity contribution in [2.45, 2.75) is 18.9 Å². The van der Waals surface area contributed by atoms with Crippen LogP contribution in [0.25, 0.3) is 0 Å². The van der Waals surface area contributed by atoms with Crippen LogP contribution in [0.1, 0.15) is 34.9 Å². The van der Waals surface area contributed by atoms with Gasteiger partial charge >= 0.3 is 12.1 Å². The Balaban J connectivity index is 2.05. The number of alkyl carbamates (subject to hydrolysis) is 1. The van der Waals surface area contributed by atoms with Crippen LogP contribution >= 0.6 is 12.6 Å². The summed E-state index contributed by atoms with van der Waals surface area (Å²) in [5, 5.41) is 11.1. The second kappa shape index (κ2) is 13.3. The van der Waals surface area contributed by atoms with Crippen molar-refractivity contribution in [2.24, 2.45) is 0 Å². The van der Waals surface area contributed by atoms with E-state index in [2.05, 4.69) is 17.9 Å². The van der Waals surface area contributed by atoms with Crippen LogP contribution < -0.4 is 10.1 Å². The van der Waals surface area contributed by atoms with E-state index in [-0.39, 0.29) is 25.6 Å². The standard InChI is InChI=1S/C22H25NO7S/c24-11-13-28-18-9-4-8-17(14-18)19(10-5-12-29-20(25)15-31)30-22(27)23-21(26)16-6-2-1-3-7-16/h1-4,6-9,14,19,24,31H,5,10-13,15H2,(H,23,26,27)/t19-/m1/s1. The molecule has 0 radical (unpaired) electrons. The molecule has 0 spiro atoms. The molecule has 31 heavy (non-hydrogen) atoms. The molecule has 8 nitrogen and oxygen atoms in total. The summed E-state index contributed by atoms with van der Waals surface area (Å²) in [6.07, 6.45) is -0.842. The molecule has 0 aliphatic heterocycles. The molecule has 1 atom stereocenters. The number of carbonyl (C=O) groups is 3. The van der Waals surface area contributed by atoms with Crippen molar-refractivity contribution >= 4 is 30.6 Å². The van der Waals surface area contributed by atoms with Gasteiger partial charge in [0, 0.05) is 5.56 Å². The fourth-order valence-corrected chi connectivity index (χ4v) is 2.77. The summed E-state index contributed by atoms with van der Waals surface area (Å²) in [4.78, 5) is 35.8. The maximum atomic E-state index is 12.3. The summed E-state index contributed by atoms with van der Waals surface area (Å²) >= 11 is 3.85. The highest BCUT2D eigenvalue weighted by molar-refractivity contribution is 7.81. The quantitative estimate of drug-likeness (QED) is 0.276. The van der Waals surface area contributed by atoms with Gasteiger partial charge in [-0.2, -0.15) is 12.6 Å². The lowest BCUT2D eigenvalue weighted by molar-refractivity contribution is -0.140. The lowest BCUT2D eigenvalue weighted by atomic mass is 10.0. The molecule has 0 bridgehead atoms. The molecule has 0 aliphatic rings. The highest BCUT2D eigenvalue weighted by atomic mass is 32.1. The Hall–Kier alpha value is -3.04. The van der Waals surface area contributed by atoms with E-state index < -0.39 is 24.1 Å². The first-order chi connectivity index (χ1) is 15.0. The third-order valence-electron chi connectivity index (χ3n) is 4.09. The molecule has 0 fully saturated rings. The molecule has 0 saturated carbocycles. The van der Waals surface area contributed by atoms with Crippen molar-refractivity contribution in [1.82, 2.24) is 5.32 Å². The van der Waals surface area contributed by atoms with Crippen LogP contribution in [0, 0.1) is 0 Å². The van der Waals surface area contributed by atoms with Gasteiger partial charge in [0.05, 0.1) is 19.0 Å². The molecule has 166 valence electrons. The van der Waals surface area contributed by atoms with Crippen LogP contribution in [-0.2, 0) is 14.3 Å². The highest BCUT2D eigenvalue weighted by Crippen LogP contribution is 2.26. The molecule has 9 heteroatoms. The maximum Gasteiger partial charge on any atom is 0.414 e. The Morgan fingerprint density at radius 2 is 1.81 bits per heavy atom. The Kier molecular flexibility index (Phi) is 10.4. The lowest BCUT2D eigenvalue weighted by Gasteiger charge is -2.19. The molecular formula is C22H25NO7S. The summed E-state index contributed by atoms with van der Waals surface area (Å²) in [5.41, 5.74) is 0.965. The first kappa shape index (κ1) is 24.2. The predicted molar refractivity (Wildman–Crippen MR) is 116 cm³/mol. The number of hydrogen-bond acceptors (Lipinski definition) is 8. The topological polar surface area (TPSA) is 111 Å². The number of nitrogens with one attached hydrogen (secondary N) is 1. The van der Waals surface area contributed by atoms with E-state index in [0.717, 1.165) is 0 Å². The largest absolute Gasteiger partial charge is 0.491 e. The van der Waals surface area contributed by atoms with E-state index >= 15 is 0 Å². The molecule has 2 amide bonds. The van der Waals surface area contributed by atoms with Gasteiger partial charge in [-0.15, -0.1) is 0 Å². The Morgan fingerprint density at radius 1 is 1.03 bits per heavy atom. The first-order valence-electron chi connectivity index (χ1n) is 9.70. The zero-order valence-electron chi connectivity index (χ0n) is 16.9. The van der Waals surface area contributed by atoms with Crippen molar-refractivity contribution in [3.8, 4) is 5.75 Å². The van der Waals surface area contributed by atoms with Crippen LogP contribution in [0.5, 0.6) is 5.75 Å². The summed E-state index contributed by atoms with van der Waals surface area (Å²) in [6.45, 7) is 0.135. The molecule has 2 rings (SSSR count). The number of aliphatic hydroxyl groups excluding tert-OH is 1. The number of hydrogen-bond donors (Lipinski definition) is 3. The number of carbonyl (C=O) groups excluding carboxylic acids is 3. The molecule has 0 aromatic heterocycles. The SMILES string of the molecule is O=C(CS)OCCC[C@@H](OC(=O)NC(=O)c1ccccc1)c1cccc(OCCO)c1. The summed E-state index contributed by atoms with van der Waals surface area (Å²) < 4.78 is 15.9. The van der Waals surface area contributed by atoms with Crippen molar-refractivity contribution in [3.05, 3.63) is 65.7 Å². The number of rotatable bonds is 11. The van der Waals surface area contributed by atoms with Crippen molar-refractivity contribution in [3.63, 3.8) is 0 Å². The van der Waals surface area contributed by atoms with Crippen molar-refractivity contribution in [2.75, 3.05) is 25.6 Å². The van der Waals surface area contributed by atoms with Gasteiger partial charge in [0.1, 0.15) is 18.5 Å². The number of thiol groups is 1. The van der Waals surface area contributed by atoms with E-state index in [9.17, 15) is 14.4 Å². The monoisotopic (exact) mass is 447 g/mol. The van der Waals surface area contributed by atoms with E-state index in [1.54, 1.807) is 54.6 Å². The molecule has 0 aliphatic carbocycles. The third kappa shape index (κ3) is 8.69. The summed E-state index contributed by atoms with van der Waals surface area (Å²) in [6, 6.07) is 15.2. The zero-order chi connectivity index (χ0) is 22.5. The van der Waals surface area contributed by atoms with Gasteiger partial charge in [-0.3, -0.25) is 14.9 Å². The third-order valence-corrected chi connectivity index (χ3v) is 4.35. The molecule has 2 aromatic carbocycles. The fraction of sp³-hybridized carbons (Fsp3) is 0.318. The van der Waals surface area contributed by atoms with E-state index in [0.29, 0.717) is 29.7 Å². The number of amides is 2. The van der Waals surface area contributed by atoms with Gasteiger partial charge in [0.15, 0.2) is 0 Å². The van der Waals surface area contributed by atoms with Crippen LogP contribution in [0.3, 0.4) is 0 Å². The van der Waals surface area contributed by atoms with Gasteiger partial charge in [0.25, 0.3) is 5.91 Å². The van der Waals surface area contributed by atoms with Gasteiger partial charge in [0.2, 0.25) is 0 Å². The second-order valence-corrected chi connectivity index (χ2v) is 6.70. The van der Waals surface area contributed by atoms with Gasteiger partial charge in [-0.05, 0) is 42.7 Å². The molecule has 0 heterocycles. The molecule has 0 saturated heterocycles. The minimum absolute atomic E-state index is 0.0197. The second-order valence-electron chi connectivity index (χ2n) is 6.38. The molecule has 0 unspecified atom stereocenters. The average molecular weight is 448 g/mol. The minimum atomic E-state index is -0.895. The lowest BCUT2D eigenvalue weighted by Crippen LogP contribution is -2.32. The van der Waals surface area contributed by atoms with Crippen LogP contribution in [0.2, 0.25) is 0 Å². The van der Waals surface area contributed by atoms with Crippen LogP contribution in [0.15, 0.2) is 54.6 Å². The van der Waals surface area contributed by atoms with Gasteiger partial charge in [-0.25, -0.2) is 4.79 Å². The Bertz CT molecular complexity index is 860.